The van der Waals surface area contributed by atoms with Crippen LogP contribution in [0.4, 0.5) is 0 Å². The maximum atomic E-state index is 9.45. The first kappa shape index (κ1) is 18.4. The molecule has 0 aromatic heterocycles. The van der Waals surface area contributed by atoms with Crippen LogP contribution < -0.4 is 5.48 Å². The zero-order chi connectivity index (χ0) is 11.4. The van der Waals surface area contributed by atoms with Crippen LogP contribution in [0.25, 0.3) is 0 Å². The fraction of sp³-hybridized carbons (Fsp3) is 0.0833. The van der Waals surface area contributed by atoms with E-state index in [9.17, 15) is 4.79 Å². The molecule has 3 nitrogen and oxygen atoms in total. The second-order valence-electron chi connectivity index (χ2n) is 2.59. The van der Waals surface area contributed by atoms with Crippen LogP contribution in [0.5, 0.6) is 0 Å². The van der Waals surface area contributed by atoms with Crippen LogP contribution in [0.1, 0.15) is 6.92 Å². The van der Waals surface area contributed by atoms with E-state index in [4.69, 9.17) is 5.21 Å². The zero-order valence-corrected chi connectivity index (χ0v) is 10.5. The van der Waals surface area contributed by atoms with Crippen molar-refractivity contribution >= 4 is 5.91 Å². The molecular formula is C12H15NO2V+4. The van der Waals surface area contributed by atoms with Gasteiger partial charge in [-0.1, -0.05) is 0 Å². The van der Waals surface area contributed by atoms with Crippen molar-refractivity contribution in [2.45, 2.75) is 6.92 Å². The molecule has 0 heterocycles. The van der Waals surface area contributed by atoms with Crippen molar-refractivity contribution < 1.29 is 28.6 Å². The molecule has 0 saturated heterocycles. The van der Waals surface area contributed by atoms with E-state index in [1.165, 1.54) is 12.4 Å². The van der Waals surface area contributed by atoms with Gasteiger partial charge in [-0.05, 0) is 64.2 Å². The van der Waals surface area contributed by atoms with Crippen molar-refractivity contribution in [1.29, 1.82) is 0 Å². The smallest absolute Gasteiger partial charge is 0.289 e. The van der Waals surface area contributed by atoms with Gasteiger partial charge in [-0.3, -0.25) is 10.0 Å². The fourth-order valence-electron chi connectivity index (χ4n) is 0.642. The van der Waals surface area contributed by atoms with Gasteiger partial charge in [-0.2, -0.15) is 0 Å². The molecule has 2 aliphatic rings. The molecule has 0 spiro atoms. The number of hydroxylamine groups is 1. The summed E-state index contributed by atoms with van der Waals surface area (Å²) >= 11 is 0. The van der Waals surface area contributed by atoms with Gasteiger partial charge >= 0.3 is 18.6 Å². The summed E-state index contributed by atoms with van der Waals surface area (Å²) in [5.74, 6) is -0.440. The summed E-state index contributed by atoms with van der Waals surface area (Å²) in [7, 11) is 0. The first-order chi connectivity index (χ1) is 7.27. The molecule has 16 heavy (non-hydrogen) atoms. The fourth-order valence-corrected chi connectivity index (χ4v) is 0.642. The van der Waals surface area contributed by atoms with Gasteiger partial charge < -0.3 is 0 Å². The van der Waals surface area contributed by atoms with E-state index in [2.05, 4.69) is 0 Å². The van der Waals surface area contributed by atoms with Crippen LogP contribution in [0.15, 0.2) is 0 Å². The summed E-state index contributed by atoms with van der Waals surface area (Å²) in [5, 5.41) is 7.54. The van der Waals surface area contributed by atoms with Gasteiger partial charge in [0.2, 0.25) is 5.91 Å². The molecule has 4 heteroatoms. The maximum Gasteiger partial charge on any atom is 4.00 e. The standard InChI is InChI=1S/2C5H5.C2H5NO2.V/c2*1-2-4-5-3-1;1-2(4)3-5;/h2*1-5H;5H,1H3,(H,3,4);/q;;;+4. The molecule has 0 atom stereocenters. The molecule has 0 unspecified atom stereocenters. The molecule has 0 aliphatic heterocycles. The summed E-state index contributed by atoms with van der Waals surface area (Å²) in [4.78, 5) is 9.45. The molecule has 0 aromatic rings. The largest absolute Gasteiger partial charge is 4.00 e. The first-order valence-corrected chi connectivity index (χ1v) is 4.51. The Kier molecular flexibility index (Phi) is 17.2. The molecule has 2 aliphatic carbocycles. The van der Waals surface area contributed by atoms with Crippen molar-refractivity contribution in [1.82, 2.24) is 5.48 Å². The van der Waals surface area contributed by atoms with Gasteiger partial charge in [0.15, 0.2) is 0 Å². The summed E-state index contributed by atoms with van der Waals surface area (Å²) in [5.41, 5.74) is 1.39. The second-order valence-corrected chi connectivity index (χ2v) is 2.59. The number of carbonyl (C=O) groups is 1. The third kappa shape index (κ3) is 16.4. The Morgan fingerprint density at radius 3 is 1.00 bits per heavy atom. The normalized spacial score (nSPS) is 17.1. The molecule has 2 N–H and O–H groups in total. The van der Waals surface area contributed by atoms with Crippen LogP contribution in [-0.2, 0) is 23.4 Å². The maximum absolute atomic E-state index is 9.45. The van der Waals surface area contributed by atoms with E-state index in [-0.39, 0.29) is 18.6 Å². The van der Waals surface area contributed by atoms with E-state index >= 15 is 0 Å². The first-order valence-electron chi connectivity index (χ1n) is 4.51. The van der Waals surface area contributed by atoms with Crippen LogP contribution >= 0.6 is 0 Å². The van der Waals surface area contributed by atoms with Crippen molar-refractivity contribution in [3.8, 4) is 0 Å². The van der Waals surface area contributed by atoms with Crippen molar-refractivity contribution in [3.63, 3.8) is 0 Å². The van der Waals surface area contributed by atoms with E-state index in [1.54, 1.807) is 0 Å². The van der Waals surface area contributed by atoms with E-state index in [1.807, 2.05) is 64.2 Å². The minimum absolute atomic E-state index is 0. The minimum atomic E-state index is -0.440. The number of amides is 1. The summed E-state index contributed by atoms with van der Waals surface area (Å²) in [6.07, 6.45) is 20.0. The van der Waals surface area contributed by atoms with Gasteiger partial charge in [0.25, 0.3) is 0 Å². The van der Waals surface area contributed by atoms with E-state index in [0.29, 0.717) is 0 Å². The average molecular weight is 256 g/mol. The quantitative estimate of drug-likeness (QED) is 0.510. The predicted molar refractivity (Wildman–Crippen MR) is 58.6 cm³/mol. The Hall–Kier alpha value is 0.0144. The van der Waals surface area contributed by atoms with Crippen molar-refractivity contribution in [2.24, 2.45) is 0 Å². The summed E-state index contributed by atoms with van der Waals surface area (Å²) < 4.78 is 0. The van der Waals surface area contributed by atoms with E-state index in [0.717, 1.165) is 0 Å². The average Bonchev–Trinajstić information content (AvgIpc) is 2.96. The van der Waals surface area contributed by atoms with Gasteiger partial charge in [0, 0.05) is 6.92 Å². The number of hydrogen-bond acceptors (Lipinski definition) is 2. The third-order valence-electron chi connectivity index (χ3n) is 1.27. The number of rotatable bonds is 0. The minimum Gasteiger partial charge on any atom is -0.289 e. The van der Waals surface area contributed by atoms with E-state index < -0.39 is 5.91 Å². The molecule has 2 saturated carbocycles. The monoisotopic (exact) mass is 256 g/mol. The molecule has 81 valence electrons. The third-order valence-corrected chi connectivity index (χ3v) is 1.27. The van der Waals surface area contributed by atoms with Gasteiger partial charge in [-0.25, -0.2) is 5.48 Å². The topological polar surface area (TPSA) is 49.3 Å². The van der Waals surface area contributed by atoms with Crippen molar-refractivity contribution in [2.75, 3.05) is 0 Å². The summed E-state index contributed by atoms with van der Waals surface area (Å²) in [6, 6.07) is 0. The Balaban J connectivity index is 0. The van der Waals surface area contributed by atoms with Crippen LogP contribution in [0.3, 0.4) is 0 Å². The Bertz CT molecular complexity index is 121. The number of hydrogen-bond donors (Lipinski definition) is 2. The zero-order valence-electron chi connectivity index (χ0n) is 9.08. The second kappa shape index (κ2) is 15.0. The summed E-state index contributed by atoms with van der Waals surface area (Å²) in [6.45, 7) is 1.22. The van der Waals surface area contributed by atoms with Crippen LogP contribution in [-0.4, -0.2) is 11.1 Å². The van der Waals surface area contributed by atoms with Crippen LogP contribution in [0, 0.1) is 64.2 Å². The Labute approximate surface area is 111 Å². The van der Waals surface area contributed by atoms with Gasteiger partial charge in [0.1, 0.15) is 0 Å². The SMILES string of the molecule is CC(=O)NO.[CH]1[CH][CH][CH][CH]1.[CH]1[CH][CH][CH][CH]1.[V+4]. The molecular weight excluding hydrogens is 241 g/mol. The molecule has 1 amide bonds. The van der Waals surface area contributed by atoms with Gasteiger partial charge in [0.05, 0.1) is 0 Å². The molecule has 0 aromatic carbocycles. The van der Waals surface area contributed by atoms with Gasteiger partial charge in [-0.15, -0.1) is 0 Å². The molecule has 11 radical (unpaired) electrons. The number of carbonyl (C=O) groups excluding carboxylic acids is 1. The van der Waals surface area contributed by atoms with Crippen LogP contribution in [0.2, 0.25) is 0 Å². The predicted octanol–water partition coefficient (Wildman–Crippen LogP) is 1.55. The molecule has 2 fully saturated rings. The number of nitrogens with one attached hydrogen (secondary N) is 1. The Morgan fingerprint density at radius 1 is 0.812 bits per heavy atom. The molecule has 2 rings (SSSR count). The van der Waals surface area contributed by atoms with Crippen molar-refractivity contribution in [3.05, 3.63) is 64.2 Å². The Morgan fingerprint density at radius 2 is 0.938 bits per heavy atom. The molecule has 0 bridgehead atoms.